The summed E-state index contributed by atoms with van der Waals surface area (Å²) < 4.78 is 0. The smallest absolute Gasteiger partial charge is 0.235 e. The van der Waals surface area contributed by atoms with Crippen molar-refractivity contribution in [1.82, 2.24) is 9.80 Å². The zero-order chi connectivity index (χ0) is 31.8. The Kier molecular flexibility index (Phi) is 7.26. The maximum Gasteiger partial charge on any atom is 0.235 e. The van der Waals surface area contributed by atoms with Gasteiger partial charge < -0.3 is 20.8 Å². The first-order chi connectivity index (χ1) is 20.8. The Morgan fingerprint density at radius 1 is 1.07 bits per heavy atom. The van der Waals surface area contributed by atoms with Crippen molar-refractivity contribution >= 4 is 34.7 Å². The van der Waals surface area contributed by atoms with Crippen molar-refractivity contribution in [3.05, 3.63) is 58.1 Å². The standard InChI is InChI=1S/C33H38N4O7/c1-35(2)22-13-19(15-37-10-9-16-7-5-6-8-17(16)14-37)27(38)24-20(22)11-18-12-21-26(36(3)4)29(40)25(32(34)43)31(42)33(21,44)30(41)23(18)28(24)39/h5-8,13,18,21,23,25-26,38,44H,9-12,14-15H2,1-4H3,(H2,34,43)/t18-,21-,23?,25?,26-,33-/m0/s1. The lowest BCUT2D eigenvalue weighted by atomic mass is 9.52. The molecule has 44 heavy (non-hydrogen) atoms. The first-order valence-corrected chi connectivity index (χ1v) is 15.0. The minimum absolute atomic E-state index is 0.0203. The summed E-state index contributed by atoms with van der Waals surface area (Å²) in [4.78, 5) is 73.0. The van der Waals surface area contributed by atoms with Gasteiger partial charge in [0.2, 0.25) is 5.91 Å². The molecule has 2 saturated carbocycles. The van der Waals surface area contributed by atoms with Crippen molar-refractivity contribution in [2.24, 2.45) is 29.4 Å². The zero-order valence-corrected chi connectivity index (χ0v) is 25.4. The van der Waals surface area contributed by atoms with Crippen LogP contribution < -0.4 is 10.6 Å². The number of carbonyl (C=O) groups is 5. The quantitative estimate of drug-likeness (QED) is 0.411. The van der Waals surface area contributed by atoms with Gasteiger partial charge in [0.05, 0.1) is 17.5 Å². The van der Waals surface area contributed by atoms with E-state index in [1.807, 2.05) is 37.2 Å². The molecule has 4 aliphatic rings. The highest BCUT2D eigenvalue weighted by atomic mass is 16.3. The average Bonchev–Trinajstić information content (AvgIpc) is 2.95. The van der Waals surface area contributed by atoms with Crippen molar-refractivity contribution in [2.45, 2.75) is 44.0 Å². The Bertz CT molecular complexity index is 1620. The number of phenolic OH excluding ortho intramolecular Hbond substituents is 1. The fourth-order valence-electron chi connectivity index (χ4n) is 8.16. The summed E-state index contributed by atoms with van der Waals surface area (Å²) in [6.45, 7) is 1.83. The number of benzene rings is 2. The monoisotopic (exact) mass is 602 g/mol. The van der Waals surface area contributed by atoms with E-state index in [4.69, 9.17) is 5.73 Å². The fourth-order valence-corrected chi connectivity index (χ4v) is 8.16. The van der Waals surface area contributed by atoms with Gasteiger partial charge in [0.1, 0.15) is 5.75 Å². The highest BCUT2D eigenvalue weighted by Gasteiger charge is 2.69. The number of carbonyl (C=O) groups excluding carboxylic acids is 5. The third kappa shape index (κ3) is 4.32. The van der Waals surface area contributed by atoms with Crippen LogP contribution in [0, 0.1) is 23.7 Å². The number of phenols is 1. The molecule has 0 radical (unpaired) electrons. The summed E-state index contributed by atoms with van der Waals surface area (Å²) in [7, 11) is 6.83. The summed E-state index contributed by atoms with van der Waals surface area (Å²) in [5.74, 6) is -10.4. The highest BCUT2D eigenvalue weighted by Crippen LogP contribution is 2.52. The van der Waals surface area contributed by atoms with E-state index >= 15 is 0 Å². The molecule has 0 spiro atoms. The van der Waals surface area contributed by atoms with Gasteiger partial charge >= 0.3 is 0 Å². The minimum Gasteiger partial charge on any atom is -0.507 e. The molecule has 232 valence electrons. The van der Waals surface area contributed by atoms with E-state index in [0.717, 1.165) is 18.7 Å². The molecule has 1 heterocycles. The number of nitrogens with two attached hydrogens (primary N) is 1. The zero-order valence-electron chi connectivity index (χ0n) is 25.4. The number of rotatable bonds is 5. The topological polar surface area (TPSA) is 162 Å². The summed E-state index contributed by atoms with van der Waals surface area (Å²) in [6, 6.07) is 8.97. The Balaban J connectivity index is 1.41. The van der Waals surface area contributed by atoms with Crippen LogP contribution in [0.4, 0.5) is 5.69 Å². The molecule has 11 heteroatoms. The van der Waals surface area contributed by atoms with Gasteiger partial charge in [-0.25, -0.2) is 0 Å². The molecule has 0 aromatic heterocycles. The van der Waals surface area contributed by atoms with Crippen molar-refractivity contribution < 1.29 is 34.2 Å². The maximum atomic E-state index is 14.3. The van der Waals surface area contributed by atoms with Crippen LogP contribution in [0.15, 0.2) is 30.3 Å². The largest absolute Gasteiger partial charge is 0.507 e. The number of aliphatic hydroxyl groups is 1. The van der Waals surface area contributed by atoms with E-state index in [1.54, 1.807) is 14.1 Å². The van der Waals surface area contributed by atoms with Crippen LogP contribution in [0.2, 0.25) is 0 Å². The SMILES string of the molecule is CN(C)c1cc(CN2CCc3ccccc3C2)c(O)c2c1C[C@H]1C[C@H]3[C@H](N(C)C)C(=O)C(C(N)=O)C(=O)[C@@]3(O)C(=O)C1C2=O. The number of fused-ring (bicyclic) bond motifs is 4. The molecule has 0 bridgehead atoms. The van der Waals surface area contributed by atoms with Gasteiger partial charge in [0, 0.05) is 50.9 Å². The van der Waals surface area contributed by atoms with E-state index in [0.29, 0.717) is 24.2 Å². The van der Waals surface area contributed by atoms with Crippen LogP contribution in [0.5, 0.6) is 5.75 Å². The van der Waals surface area contributed by atoms with Crippen LogP contribution in [0.3, 0.4) is 0 Å². The minimum atomic E-state index is -2.74. The Labute approximate surface area is 255 Å². The van der Waals surface area contributed by atoms with Gasteiger partial charge in [-0.15, -0.1) is 0 Å². The molecule has 2 aromatic rings. The van der Waals surface area contributed by atoms with Gasteiger partial charge in [-0.2, -0.15) is 0 Å². The molecule has 2 unspecified atom stereocenters. The number of nitrogens with zero attached hydrogens (tertiary/aromatic N) is 3. The van der Waals surface area contributed by atoms with E-state index in [-0.39, 0.29) is 24.2 Å². The van der Waals surface area contributed by atoms with Gasteiger partial charge in [-0.05, 0) is 62.0 Å². The third-order valence-corrected chi connectivity index (χ3v) is 10.2. The van der Waals surface area contributed by atoms with Crippen LogP contribution in [0.1, 0.15) is 39.0 Å². The number of amides is 1. The Hall–Kier alpha value is -3.93. The van der Waals surface area contributed by atoms with Crippen molar-refractivity contribution in [3.63, 3.8) is 0 Å². The van der Waals surface area contributed by atoms with E-state index < -0.39 is 64.4 Å². The van der Waals surface area contributed by atoms with E-state index in [2.05, 4.69) is 17.0 Å². The van der Waals surface area contributed by atoms with Crippen LogP contribution in [-0.2, 0) is 45.1 Å². The molecule has 6 rings (SSSR count). The van der Waals surface area contributed by atoms with Gasteiger partial charge in [-0.3, -0.25) is 33.8 Å². The second-order valence-electron chi connectivity index (χ2n) is 13.2. The predicted molar refractivity (Wildman–Crippen MR) is 160 cm³/mol. The Morgan fingerprint density at radius 3 is 2.39 bits per heavy atom. The lowest BCUT2D eigenvalue weighted by Gasteiger charge is -2.52. The molecule has 1 aliphatic heterocycles. The summed E-state index contributed by atoms with van der Waals surface area (Å²) in [5.41, 5.74) is 7.06. The Morgan fingerprint density at radius 2 is 1.75 bits per heavy atom. The number of aromatic hydroxyl groups is 1. The molecule has 0 saturated heterocycles. The highest BCUT2D eigenvalue weighted by molar-refractivity contribution is 6.32. The number of hydrogen-bond acceptors (Lipinski definition) is 10. The molecule has 3 aliphatic carbocycles. The number of primary amides is 1. The second-order valence-corrected chi connectivity index (χ2v) is 13.2. The molecule has 2 aromatic carbocycles. The molecular weight excluding hydrogens is 564 g/mol. The molecule has 11 nitrogen and oxygen atoms in total. The predicted octanol–water partition coefficient (Wildman–Crippen LogP) is 0.491. The summed E-state index contributed by atoms with van der Waals surface area (Å²) >= 11 is 0. The van der Waals surface area contributed by atoms with Crippen molar-refractivity contribution in [2.75, 3.05) is 39.6 Å². The first kappa shape index (κ1) is 30.1. The number of ketones is 4. The molecule has 1 amide bonds. The molecule has 2 fully saturated rings. The summed E-state index contributed by atoms with van der Waals surface area (Å²) in [5, 5.41) is 23.4. The van der Waals surface area contributed by atoms with Gasteiger partial charge in [0.15, 0.2) is 34.7 Å². The van der Waals surface area contributed by atoms with Crippen molar-refractivity contribution in [1.29, 1.82) is 0 Å². The van der Waals surface area contributed by atoms with E-state index in [1.165, 1.54) is 16.0 Å². The molecule has 6 atom stereocenters. The maximum absolute atomic E-state index is 14.3. The van der Waals surface area contributed by atoms with E-state index in [9.17, 15) is 34.2 Å². The lowest BCUT2D eigenvalue weighted by Crippen LogP contribution is -2.74. The normalized spacial score (nSPS) is 30.0. The van der Waals surface area contributed by atoms with Gasteiger partial charge in [0.25, 0.3) is 0 Å². The summed E-state index contributed by atoms with van der Waals surface area (Å²) in [6.07, 6.45) is 1.10. The number of likely N-dealkylation sites (N-methyl/N-ethyl adjacent to an activating group) is 1. The number of Topliss-reactive ketones (excluding diaryl/α,β-unsaturated/α-hetero) is 4. The van der Waals surface area contributed by atoms with Gasteiger partial charge in [-0.1, -0.05) is 24.3 Å². The van der Waals surface area contributed by atoms with Crippen LogP contribution >= 0.6 is 0 Å². The fraction of sp³-hybridized carbons (Fsp3) is 0.485. The first-order valence-electron chi connectivity index (χ1n) is 15.0. The number of anilines is 1. The van der Waals surface area contributed by atoms with Crippen LogP contribution in [-0.4, -0.2) is 95.4 Å². The third-order valence-electron chi connectivity index (χ3n) is 10.2. The van der Waals surface area contributed by atoms with Crippen molar-refractivity contribution in [3.8, 4) is 5.75 Å². The number of hydrogen-bond donors (Lipinski definition) is 3. The van der Waals surface area contributed by atoms with Crippen LogP contribution in [0.25, 0.3) is 0 Å². The second kappa shape index (κ2) is 10.6. The molecule has 4 N–H and O–H groups in total. The average molecular weight is 603 g/mol. The lowest BCUT2D eigenvalue weighted by molar-refractivity contribution is -0.181. The molecular formula is C33H38N4O7.